The van der Waals surface area contributed by atoms with Crippen LogP contribution in [-0.2, 0) is 28.1 Å². The summed E-state index contributed by atoms with van der Waals surface area (Å²) in [6, 6.07) is 71.0. The van der Waals surface area contributed by atoms with E-state index in [1.165, 1.54) is 138 Å². The van der Waals surface area contributed by atoms with Gasteiger partial charge < -0.3 is 8.83 Å². The molecule has 4 aliphatic rings. The summed E-state index contributed by atoms with van der Waals surface area (Å²) in [6.45, 7) is 19.5. The molecule has 0 spiro atoms. The van der Waals surface area contributed by atoms with Crippen LogP contribution in [0.1, 0.15) is 123 Å². The number of rotatable bonds is 5. The van der Waals surface area contributed by atoms with E-state index < -0.39 is 0 Å². The molecule has 4 aliphatic carbocycles. The highest BCUT2D eigenvalue weighted by molar-refractivity contribution is 6.21. The van der Waals surface area contributed by atoms with Gasteiger partial charge in [-0.25, -0.2) is 0 Å². The average molecular weight is 979 g/mol. The van der Waals surface area contributed by atoms with Crippen molar-refractivity contribution in [3.05, 3.63) is 249 Å². The minimum atomic E-state index is -0.303. The van der Waals surface area contributed by atoms with Gasteiger partial charge in [-0.15, -0.1) is 0 Å². The zero-order valence-corrected chi connectivity index (χ0v) is 44.5. The van der Waals surface area contributed by atoms with Crippen LogP contribution in [-0.4, -0.2) is 0 Å². The summed E-state index contributed by atoms with van der Waals surface area (Å²) in [5.41, 5.74) is 31.3. The van der Waals surface area contributed by atoms with Gasteiger partial charge in [0, 0.05) is 54.7 Å². The molecule has 0 bridgehead atoms. The van der Waals surface area contributed by atoms with E-state index in [0.717, 1.165) is 28.8 Å². The highest BCUT2D eigenvalue weighted by atomic mass is 16.3. The molecule has 2 heteroatoms. The number of furan rings is 2. The van der Waals surface area contributed by atoms with Crippen molar-refractivity contribution in [2.75, 3.05) is 0 Å². The van der Waals surface area contributed by atoms with Crippen LogP contribution in [0, 0.1) is 0 Å². The van der Waals surface area contributed by atoms with E-state index in [1.54, 1.807) is 0 Å². The Bertz CT molecular complexity index is 4540. The Morgan fingerprint density at radius 1 is 0.342 bits per heavy atom. The largest absolute Gasteiger partial charge is 0.456 e. The molecule has 12 aromatic rings. The fourth-order valence-electron chi connectivity index (χ4n) is 15.4. The van der Waals surface area contributed by atoms with Crippen molar-refractivity contribution in [3.8, 4) is 55.6 Å². The molecule has 1 unspecified atom stereocenters. The Kier molecular flexibility index (Phi) is 8.59. The fraction of sp³-hybridized carbons (Fsp3) is 0.189. The molecule has 1 atom stereocenters. The van der Waals surface area contributed by atoms with Crippen LogP contribution in [0.4, 0.5) is 0 Å². The number of para-hydroxylation sites is 2. The molecule has 10 aromatic carbocycles. The Morgan fingerprint density at radius 2 is 0.934 bits per heavy atom. The third kappa shape index (κ3) is 5.62. The summed E-state index contributed by atoms with van der Waals surface area (Å²) >= 11 is 0. The van der Waals surface area contributed by atoms with E-state index in [1.807, 2.05) is 0 Å². The normalized spacial score (nSPS) is 16.6. The number of benzene rings is 10. The van der Waals surface area contributed by atoms with Gasteiger partial charge in [0.25, 0.3) is 0 Å². The fourth-order valence-corrected chi connectivity index (χ4v) is 15.4. The van der Waals surface area contributed by atoms with Crippen molar-refractivity contribution >= 4 is 43.9 Å². The van der Waals surface area contributed by atoms with Crippen LogP contribution in [0.25, 0.3) is 99.5 Å². The SMILES string of the molecule is CC1(C)c2cc(CC(c3cccc(-c4ccccc4)c3)c3ccc4c(c3)C(C)(C)c3c5c(c6c(oc7ccccc76)c3-4)-c3ccccc3C5(C)C)ccc2-c2cc3c(cc21)-c1c(ccc2oc4ccccc4c12)C3(C)C. The Labute approximate surface area is 444 Å². The van der Waals surface area contributed by atoms with Gasteiger partial charge in [0.2, 0.25) is 0 Å². The van der Waals surface area contributed by atoms with Gasteiger partial charge in [-0.2, -0.15) is 0 Å². The molecule has 366 valence electrons. The van der Waals surface area contributed by atoms with Crippen molar-refractivity contribution in [2.45, 2.75) is 89.4 Å². The summed E-state index contributed by atoms with van der Waals surface area (Å²) in [6.07, 6.45) is 0.859. The van der Waals surface area contributed by atoms with Crippen LogP contribution in [0.2, 0.25) is 0 Å². The quantitative estimate of drug-likeness (QED) is 0.172. The first kappa shape index (κ1) is 44.1. The van der Waals surface area contributed by atoms with Crippen molar-refractivity contribution < 1.29 is 8.83 Å². The highest BCUT2D eigenvalue weighted by Gasteiger charge is 2.49. The first-order valence-corrected chi connectivity index (χ1v) is 27.4. The summed E-state index contributed by atoms with van der Waals surface area (Å²) < 4.78 is 13.6. The first-order chi connectivity index (χ1) is 36.7. The third-order valence-corrected chi connectivity index (χ3v) is 19.2. The Morgan fingerprint density at radius 3 is 1.75 bits per heavy atom. The van der Waals surface area contributed by atoms with Crippen LogP contribution in [0.15, 0.2) is 197 Å². The van der Waals surface area contributed by atoms with Gasteiger partial charge in [-0.3, -0.25) is 0 Å². The average Bonchev–Trinajstić information content (AvgIpc) is 4.35. The Hall–Kier alpha value is -8.20. The summed E-state index contributed by atoms with van der Waals surface area (Å²) in [7, 11) is 0. The van der Waals surface area contributed by atoms with E-state index in [0.29, 0.717) is 0 Å². The molecular formula is C74H58O2. The van der Waals surface area contributed by atoms with E-state index in [-0.39, 0.29) is 27.6 Å². The van der Waals surface area contributed by atoms with Gasteiger partial charge in [0.1, 0.15) is 22.3 Å². The van der Waals surface area contributed by atoms with Crippen molar-refractivity contribution in [2.24, 2.45) is 0 Å². The predicted octanol–water partition coefficient (Wildman–Crippen LogP) is 19.8. The van der Waals surface area contributed by atoms with Gasteiger partial charge in [-0.05, 0) is 148 Å². The molecule has 0 aliphatic heterocycles. The summed E-state index contributed by atoms with van der Waals surface area (Å²) in [5.74, 6) is 0.0874. The first-order valence-electron chi connectivity index (χ1n) is 27.4. The molecule has 2 nitrogen and oxygen atoms in total. The lowest BCUT2D eigenvalue weighted by Crippen LogP contribution is -2.24. The summed E-state index contributed by atoms with van der Waals surface area (Å²) in [4.78, 5) is 0. The van der Waals surface area contributed by atoms with Crippen LogP contribution < -0.4 is 0 Å². The lowest BCUT2D eigenvalue weighted by Gasteiger charge is -2.31. The zero-order chi connectivity index (χ0) is 51.4. The lowest BCUT2D eigenvalue weighted by molar-refractivity contribution is 0.599. The number of hydrogen-bond acceptors (Lipinski definition) is 2. The van der Waals surface area contributed by atoms with Crippen LogP contribution in [0.5, 0.6) is 0 Å². The second kappa shape index (κ2) is 14.8. The molecule has 0 fully saturated rings. The third-order valence-electron chi connectivity index (χ3n) is 19.2. The molecule has 0 saturated carbocycles. The molecule has 2 aromatic heterocycles. The maximum absolute atomic E-state index is 7.09. The lowest BCUT2D eigenvalue weighted by atomic mass is 9.71. The molecular weight excluding hydrogens is 921 g/mol. The maximum atomic E-state index is 7.09. The second-order valence-electron chi connectivity index (χ2n) is 24.7. The molecule has 0 saturated heterocycles. The smallest absolute Gasteiger partial charge is 0.144 e. The number of fused-ring (bicyclic) bond motifs is 22. The monoisotopic (exact) mass is 978 g/mol. The molecule has 0 N–H and O–H groups in total. The minimum absolute atomic E-state index is 0.0874. The van der Waals surface area contributed by atoms with Crippen LogP contribution >= 0.6 is 0 Å². The van der Waals surface area contributed by atoms with Gasteiger partial charge in [0.15, 0.2) is 0 Å². The van der Waals surface area contributed by atoms with E-state index >= 15 is 0 Å². The van der Waals surface area contributed by atoms with Gasteiger partial charge >= 0.3 is 0 Å². The van der Waals surface area contributed by atoms with Gasteiger partial charge in [0.05, 0.1) is 0 Å². The maximum Gasteiger partial charge on any atom is 0.144 e. The molecule has 0 radical (unpaired) electrons. The summed E-state index contributed by atoms with van der Waals surface area (Å²) in [5, 5.41) is 4.86. The van der Waals surface area contributed by atoms with E-state index in [2.05, 4.69) is 243 Å². The second-order valence-corrected chi connectivity index (χ2v) is 24.7. The molecule has 76 heavy (non-hydrogen) atoms. The number of hydrogen-bond donors (Lipinski definition) is 0. The van der Waals surface area contributed by atoms with Crippen molar-refractivity contribution in [1.82, 2.24) is 0 Å². The van der Waals surface area contributed by atoms with E-state index in [4.69, 9.17) is 8.83 Å². The van der Waals surface area contributed by atoms with E-state index in [9.17, 15) is 0 Å². The molecule has 0 amide bonds. The Balaban J connectivity index is 0.848. The van der Waals surface area contributed by atoms with Crippen molar-refractivity contribution in [1.29, 1.82) is 0 Å². The molecule has 16 rings (SSSR count). The highest BCUT2D eigenvalue weighted by Crippen LogP contribution is 2.64. The van der Waals surface area contributed by atoms with Gasteiger partial charge in [-0.1, -0.05) is 213 Å². The topological polar surface area (TPSA) is 26.3 Å². The van der Waals surface area contributed by atoms with Crippen LogP contribution in [0.3, 0.4) is 0 Å². The predicted molar refractivity (Wildman–Crippen MR) is 315 cm³/mol. The zero-order valence-electron chi connectivity index (χ0n) is 44.5. The minimum Gasteiger partial charge on any atom is -0.456 e. The molecule has 2 heterocycles. The van der Waals surface area contributed by atoms with Crippen molar-refractivity contribution in [3.63, 3.8) is 0 Å². The standard InChI is InChI=1S/C74H58O2/c1-71(2)55-33-34-62-64(49-24-13-16-27-60(49)75-62)63(55)53-40-58-52(39-59(53)71)46-31-29-41(36-56(46)72(58,3)4)35-51(44-22-18-21-43(37-44)42-19-10-9-11-20-42)45-30-32-48-57(38-45)74(7,8)69-67(48)70-66(50-25-14-17-28-61(50)76-70)65-47-23-12-15-26-54(47)73(5,6)68(65)69/h9-34,36-40,51H,35H2,1-8H3.